The molecule has 1 saturated carbocycles. The topological polar surface area (TPSA) is 26.0 Å². The molecule has 0 aromatic heterocycles. The highest BCUT2D eigenvalue weighted by molar-refractivity contribution is 9.10. The number of rotatable bonds is 2. The first-order valence-corrected chi connectivity index (χ1v) is 5.56. The molecule has 2 heteroatoms. The second-order valence-electron chi connectivity index (χ2n) is 3.70. The van der Waals surface area contributed by atoms with E-state index >= 15 is 0 Å². The molecule has 0 heterocycles. The maximum atomic E-state index is 5.70. The second kappa shape index (κ2) is 3.81. The number of halogens is 1. The van der Waals surface area contributed by atoms with Crippen LogP contribution in [0, 0.1) is 5.92 Å². The van der Waals surface area contributed by atoms with E-state index in [1.807, 2.05) is 0 Å². The highest BCUT2D eigenvalue weighted by Crippen LogP contribution is 2.44. The molecular weight excluding hydrogens is 226 g/mol. The van der Waals surface area contributed by atoms with Crippen molar-refractivity contribution in [3.63, 3.8) is 0 Å². The lowest BCUT2D eigenvalue weighted by Gasteiger charge is -2.36. The monoisotopic (exact) mass is 239 g/mol. The van der Waals surface area contributed by atoms with Gasteiger partial charge in [0.2, 0.25) is 0 Å². The van der Waals surface area contributed by atoms with Gasteiger partial charge in [-0.15, -0.1) is 0 Å². The van der Waals surface area contributed by atoms with Gasteiger partial charge in [-0.25, -0.2) is 0 Å². The van der Waals surface area contributed by atoms with Gasteiger partial charge in [0.05, 0.1) is 0 Å². The minimum atomic E-state index is 0.695. The molecule has 0 spiro atoms. The Bertz CT molecular complexity index is 296. The van der Waals surface area contributed by atoms with Gasteiger partial charge in [0.15, 0.2) is 0 Å². The third-order valence-electron chi connectivity index (χ3n) is 3.02. The first-order chi connectivity index (χ1) is 6.33. The van der Waals surface area contributed by atoms with E-state index in [2.05, 4.69) is 40.2 Å². The molecule has 2 atom stereocenters. The third-order valence-corrected chi connectivity index (χ3v) is 3.75. The van der Waals surface area contributed by atoms with Crippen molar-refractivity contribution in [2.24, 2.45) is 11.7 Å². The van der Waals surface area contributed by atoms with E-state index in [1.54, 1.807) is 0 Å². The standard InChI is InChI=1S/C11H14BrN/c12-11-4-2-1-3-10(11)9-6-5-8(9)7-13/h1-4,8-9H,5-7,13H2. The molecule has 2 rings (SSSR count). The van der Waals surface area contributed by atoms with Crippen molar-refractivity contribution in [1.82, 2.24) is 0 Å². The molecule has 0 radical (unpaired) electrons. The summed E-state index contributed by atoms with van der Waals surface area (Å²) in [5, 5.41) is 0. The SMILES string of the molecule is NCC1CCC1c1ccccc1Br. The van der Waals surface area contributed by atoms with E-state index in [4.69, 9.17) is 5.73 Å². The molecule has 0 bridgehead atoms. The minimum absolute atomic E-state index is 0.695. The largest absolute Gasteiger partial charge is 0.330 e. The lowest BCUT2D eigenvalue weighted by Crippen LogP contribution is -2.30. The fraction of sp³-hybridized carbons (Fsp3) is 0.455. The predicted octanol–water partition coefficient (Wildman–Crippen LogP) is 2.90. The Kier molecular flexibility index (Phi) is 2.70. The van der Waals surface area contributed by atoms with E-state index in [0.717, 1.165) is 6.54 Å². The average Bonchev–Trinajstić information content (AvgIpc) is 2.08. The van der Waals surface area contributed by atoms with E-state index in [-0.39, 0.29) is 0 Å². The fourth-order valence-corrected chi connectivity index (χ4v) is 2.62. The molecule has 0 aliphatic heterocycles. The zero-order valence-corrected chi connectivity index (χ0v) is 9.13. The summed E-state index contributed by atoms with van der Waals surface area (Å²) >= 11 is 3.59. The Hall–Kier alpha value is -0.340. The van der Waals surface area contributed by atoms with Crippen molar-refractivity contribution < 1.29 is 0 Å². The van der Waals surface area contributed by atoms with Crippen LogP contribution in [0.4, 0.5) is 0 Å². The fourth-order valence-electron chi connectivity index (χ4n) is 2.04. The van der Waals surface area contributed by atoms with E-state index < -0.39 is 0 Å². The van der Waals surface area contributed by atoms with Crippen molar-refractivity contribution in [3.8, 4) is 0 Å². The molecule has 2 N–H and O–H groups in total. The molecule has 1 aromatic carbocycles. The second-order valence-corrected chi connectivity index (χ2v) is 4.56. The van der Waals surface area contributed by atoms with Gasteiger partial charge in [-0.1, -0.05) is 34.1 Å². The molecule has 1 aromatic rings. The summed E-state index contributed by atoms with van der Waals surface area (Å²) in [6, 6.07) is 8.48. The molecule has 70 valence electrons. The van der Waals surface area contributed by atoms with Crippen LogP contribution in [0.3, 0.4) is 0 Å². The average molecular weight is 240 g/mol. The van der Waals surface area contributed by atoms with Crippen LogP contribution in [0.1, 0.15) is 24.3 Å². The van der Waals surface area contributed by atoms with E-state index in [1.165, 1.54) is 22.9 Å². The zero-order valence-electron chi connectivity index (χ0n) is 7.54. The van der Waals surface area contributed by atoms with Gasteiger partial charge in [0.25, 0.3) is 0 Å². The number of hydrogen-bond donors (Lipinski definition) is 1. The summed E-state index contributed by atoms with van der Waals surface area (Å²) in [6.07, 6.45) is 2.59. The molecule has 0 saturated heterocycles. The normalized spacial score (nSPS) is 26.9. The van der Waals surface area contributed by atoms with Crippen LogP contribution in [-0.2, 0) is 0 Å². The van der Waals surface area contributed by atoms with Crippen molar-refractivity contribution in [2.45, 2.75) is 18.8 Å². The molecule has 1 aliphatic rings. The van der Waals surface area contributed by atoms with Crippen LogP contribution in [0.2, 0.25) is 0 Å². The Morgan fingerprint density at radius 3 is 2.62 bits per heavy atom. The summed E-state index contributed by atoms with van der Waals surface area (Å²) in [5.41, 5.74) is 7.13. The molecule has 1 aliphatic carbocycles. The lowest BCUT2D eigenvalue weighted by atomic mass is 9.70. The van der Waals surface area contributed by atoms with Crippen LogP contribution in [-0.4, -0.2) is 6.54 Å². The van der Waals surface area contributed by atoms with Crippen molar-refractivity contribution in [2.75, 3.05) is 6.54 Å². The Labute approximate surface area is 87.5 Å². The van der Waals surface area contributed by atoms with Crippen LogP contribution in [0.15, 0.2) is 28.7 Å². The van der Waals surface area contributed by atoms with Gasteiger partial charge < -0.3 is 5.73 Å². The van der Waals surface area contributed by atoms with Crippen molar-refractivity contribution >= 4 is 15.9 Å². The van der Waals surface area contributed by atoms with Gasteiger partial charge in [0, 0.05) is 4.47 Å². The zero-order chi connectivity index (χ0) is 9.26. The third kappa shape index (κ3) is 1.65. The van der Waals surface area contributed by atoms with E-state index in [9.17, 15) is 0 Å². The van der Waals surface area contributed by atoms with Crippen molar-refractivity contribution in [1.29, 1.82) is 0 Å². The van der Waals surface area contributed by atoms with Gasteiger partial charge in [-0.05, 0) is 42.9 Å². The number of nitrogens with two attached hydrogens (primary N) is 1. The Balaban J connectivity index is 2.21. The predicted molar refractivity (Wildman–Crippen MR) is 58.7 cm³/mol. The Morgan fingerprint density at radius 1 is 1.31 bits per heavy atom. The van der Waals surface area contributed by atoms with Gasteiger partial charge in [0.1, 0.15) is 0 Å². The van der Waals surface area contributed by atoms with Crippen LogP contribution >= 0.6 is 15.9 Å². The maximum absolute atomic E-state index is 5.70. The quantitative estimate of drug-likeness (QED) is 0.845. The molecule has 0 amide bonds. The lowest BCUT2D eigenvalue weighted by molar-refractivity contribution is 0.263. The summed E-state index contributed by atoms with van der Waals surface area (Å²) in [6.45, 7) is 0.825. The van der Waals surface area contributed by atoms with Crippen molar-refractivity contribution in [3.05, 3.63) is 34.3 Å². The first-order valence-electron chi connectivity index (χ1n) is 4.77. The molecule has 1 fully saturated rings. The molecular formula is C11H14BrN. The van der Waals surface area contributed by atoms with E-state index in [0.29, 0.717) is 11.8 Å². The number of benzene rings is 1. The highest BCUT2D eigenvalue weighted by Gasteiger charge is 2.31. The van der Waals surface area contributed by atoms with Gasteiger partial charge in [-0.3, -0.25) is 0 Å². The molecule has 2 unspecified atom stereocenters. The smallest absolute Gasteiger partial charge is 0.0210 e. The minimum Gasteiger partial charge on any atom is -0.330 e. The summed E-state index contributed by atoms with van der Waals surface area (Å²) in [4.78, 5) is 0. The van der Waals surface area contributed by atoms with Crippen LogP contribution in [0.5, 0.6) is 0 Å². The van der Waals surface area contributed by atoms with Gasteiger partial charge >= 0.3 is 0 Å². The summed E-state index contributed by atoms with van der Waals surface area (Å²) < 4.78 is 1.23. The summed E-state index contributed by atoms with van der Waals surface area (Å²) in [5.74, 6) is 1.40. The first kappa shape index (κ1) is 9.22. The molecule has 1 nitrogen and oxygen atoms in total. The number of hydrogen-bond acceptors (Lipinski definition) is 1. The van der Waals surface area contributed by atoms with Crippen LogP contribution < -0.4 is 5.73 Å². The van der Waals surface area contributed by atoms with Gasteiger partial charge in [-0.2, -0.15) is 0 Å². The molecule has 13 heavy (non-hydrogen) atoms. The Morgan fingerprint density at radius 2 is 2.08 bits per heavy atom. The highest BCUT2D eigenvalue weighted by atomic mass is 79.9. The maximum Gasteiger partial charge on any atom is 0.0210 e. The van der Waals surface area contributed by atoms with Crippen LogP contribution in [0.25, 0.3) is 0 Å². The summed E-state index contributed by atoms with van der Waals surface area (Å²) in [7, 11) is 0.